The van der Waals surface area contributed by atoms with Crippen molar-refractivity contribution in [1.29, 1.82) is 0 Å². The molecule has 1 N–H and O–H groups in total. The highest BCUT2D eigenvalue weighted by molar-refractivity contribution is 5.91. The fourth-order valence-electron chi connectivity index (χ4n) is 2.65. The van der Waals surface area contributed by atoms with Crippen molar-refractivity contribution >= 4 is 17.6 Å². The van der Waals surface area contributed by atoms with E-state index >= 15 is 0 Å². The van der Waals surface area contributed by atoms with Gasteiger partial charge in [0, 0.05) is 18.8 Å². The van der Waals surface area contributed by atoms with Gasteiger partial charge in [0.1, 0.15) is 0 Å². The van der Waals surface area contributed by atoms with Gasteiger partial charge in [-0.15, -0.1) is 5.10 Å². The lowest BCUT2D eigenvalue weighted by molar-refractivity contribution is -0.116. The molecule has 26 heavy (non-hydrogen) atoms. The number of carbonyl (C=O) groups excluding carboxylic acids is 1. The average Bonchev–Trinajstić information content (AvgIpc) is 3.25. The highest BCUT2D eigenvalue weighted by Gasteiger charge is 2.12. The van der Waals surface area contributed by atoms with E-state index in [4.69, 9.17) is 9.47 Å². The van der Waals surface area contributed by atoms with Crippen molar-refractivity contribution in [2.75, 3.05) is 13.3 Å². The van der Waals surface area contributed by atoms with Crippen molar-refractivity contribution < 1.29 is 14.3 Å². The Kier molecular flexibility index (Phi) is 4.14. The molecule has 132 valence electrons. The molecule has 1 aliphatic heterocycles. The molecule has 0 fully saturated rings. The summed E-state index contributed by atoms with van der Waals surface area (Å²) in [5.41, 5.74) is 1.18. The van der Waals surface area contributed by atoms with Crippen LogP contribution in [-0.4, -0.2) is 33.4 Å². The predicted octanol–water partition coefficient (Wildman–Crippen LogP) is 1.05. The highest BCUT2D eigenvalue weighted by Crippen LogP contribution is 2.32. The van der Waals surface area contributed by atoms with E-state index in [0.717, 1.165) is 5.56 Å². The third-order valence-electron chi connectivity index (χ3n) is 3.94. The Morgan fingerprint density at radius 3 is 3.00 bits per heavy atom. The number of hydrogen-bond acceptors (Lipinski definition) is 5. The zero-order chi connectivity index (χ0) is 17.9. The number of carbonyl (C=O) groups is 1. The van der Waals surface area contributed by atoms with E-state index in [-0.39, 0.29) is 18.4 Å². The monoisotopic (exact) mass is 352 g/mol. The van der Waals surface area contributed by atoms with Gasteiger partial charge in [0.15, 0.2) is 17.1 Å². The molecule has 0 spiro atoms. The van der Waals surface area contributed by atoms with E-state index < -0.39 is 0 Å². The topological polar surface area (TPSA) is 86.9 Å². The Balaban J connectivity index is 1.33. The molecule has 2 aromatic heterocycles. The molecule has 3 aromatic rings. The summed E-state index contributed by atoms with van der Waals surface area (Å²) >= 11 is 0. The molecular formula is C18H16N4O4. The Morgan fingerprint density at radius 2 is 2.12 bits per heavy atom. The van der Waals surface area contributed by atoms with Crippen LogP contribution < -0.4 is 20.5 Å². The smallest absolute Gasteiger partial charge is 0.350 e. The van der Waals surface area contributed by atoms with Crippen LogP contribution in [0.25, 0.3) is 11.7 Å². The van der Waals surface area contributed by atoms with Gasteiger partial charge in [0.2, 0.25) is 12.7 Å². The first-order valence-electron chi connectivity index (χ1n) is 8.10. The SMILES string of the molecule is O=C(/C=C/c1ccc2c(c1)OCO2)NCCn1nc2ccccn2c1=O. The molecular weight excluding hydrogens is 336 g/mol. The number of aromatic nitrogens is 3. The second-order valence-corrected chi connectivity index (χ2v) is 5.67. The van der Waals surface area contributed by atoms with E-state index in [1.807, 2.05) is 18.2 Å². The van der Waals surface area contributed by atoms with Crippen LogP contribution in [0.4, 0.5) is 0 Å². The summed E-state index contributed by atoms with van der Waals surface area (Å²) in [5.74, 6) is 1.11. The van der Waals surface area contributed by atoms with E-state index in [9.17, 15) is 9.59 Å². The summed E-state index contributed by atoms with van der Waals surface area (Å²) in [5, 5.41) is 6.94. The second kappa shape index (κ2) is 6.75. The van der Waals surface area contributed by atoms with Gasteiger partial charge in [-0.05, 0) is 35.9 Å². The second-order valence-electron chi connectivity index (χ2n) is 5.67. The normalized spacial score (nSPS) is 12.8. The van der Waals surface area contributed by atoms with Crippen LogP contribution in [0.3, 0.4) is 0 Å². The van der Waals surface area contributed by atoms with Gasteiger partial charge < -0.3 is 14.8 Å². The fraction of sp³-hybridized carbons (Fsp3) is 0.167. The summed E-state index contributed by atoms with van der Waals surface area (Å²) < 4.78 is 13.3. The fourth-order valence-corrected chi connectivity index (χ4v) is 2.65. The number of rotatable bonds is 5. The lowest BCUT2D eigenvalue weighted by atomic mass is 10.2. The molecule has 8 nitrogen and oxygen atoms in total. The molecule has 1 amide bonds. The van der Waals surface area contributed by atoms with Crippen LogP contribution in [0, 0.1) is 0 Å². The Hall–Kier alpha value is -3.55. The van der Waals surface area contributed by atoms with Crippen molar-refractivity contribution in [3.8, 4) is 11.5 Å². The van der Waals surface area contributed by atoms with Crippen LogP contribution in [0.5, 0.6) is 11.5 Å². The summed E-state index contributed by atoms with van der Waals surface area (Å²) in [4.78, 5) is 24.1. The molecule has 0 radical (unpaired) electrons. The summed E-state index contributed by atoms with van der Waals surface area (Å²) in [6.07, 6.45) is 4.78. The largest absolute Gasteiger partial charge is 0.454 e. The van der Waals surface area contributed by atoms with Crippen LogP contribution in [0.15, 0.2) is 53.5 Å². The highest BCUT2D eigenvalue weighted by atomic mass is 16.7. The van der Waals surface area contributed by atoms with Crippen LogP contribution in [0.1, 0.15) is 5.56 Å². The first kappa shape index (κ1) is 15.9. The van der Waals surface area contributed by atoms with Gasteiger partial charge in [0.25, 0.3) is 0 Å². The van der Waals surface area contributed by atoms with E-state index in [1.165, 1.54) is 15.2 Å². The predicted molar refractivity (Wildman–Crippen MR) is 94.1 cm³/mol. The molecule has 1 aromatic carbocycles. The van der Waals surface area contributed by atoms with Gasteiger partial charge in [-0.3, -0.25) is 9.20 Å². The molecule has 0 atom stereocenters. The molecule has 0 saturated carbocycles. The average molecular weight is 352 g/mol. The van der Waals surface area contributed by atoms with E-state index in [1.54, 1.807) is 30.5 Å². The Labute approximate surface area is 148 Å². The van der Waals surface area contributed by atoms with E-state index in [0.29, 0.717) is 30.2 Å². The summed E-state index contributed by atoms with van der Waals surface area (Å²) in [6.45, 7) is 0.809. The number of hydrogen-bond donors (Lipinski definition) is 1. The van der Waals surface area contributed by atoms with Gasteiger partial charge in [0.05, 0.1) is 6.54 Å². The summed E-state index contributed by atoms with van der Waals surface area (Å²) in [7, 11) is 0. The molecule has 4 rings (SSSR count). The quantitative estimate of drug-likeness (QED) is 0.694. The minimum atomic E-state index is -0.250. The molecule has 0 bridgehead atoms. The van der Waals surface area contributed by atoms with Crippen molar-refractivity contribution in [3.63, 3.8) is 0 Å². The lowest BCUT2D eigenvalue weighted by Gasteiger charge is -2.01. The van der Waals surface area contributed by atoms with Crippen LogP contribution in [0.2, 0.25) is 0 Å². The van der Waals surface area contributed by atoms with E-state index in [2.05, 4.69) is 10.4 Å². The maximum absolute atomic E-state index is 12.1. The number of amides is 1. The maximum Gasteiger partial charge on any atom is 0.350 e. The first-order valence-corrected chi connectivity index (χ1v) is 8.10. The maximum atomic E-state index is 12.1. The number of nitrogens with zero attached hydrogens (tertiary/aromatic N) is 3. The van der Waals surface area contributed by atoms with Crippen molar-refractivity contribution in [2.45, 2.75) is 6.54 Å². The van der Waals surface area contributed by atoms with Gasteiger partial charge >= 0.3 is 5.69 Å². The number of ether oxygens (including phenoxy) is 2. The molecule has 0 saturated heterocycles. The Bertz CT molecular complexity index is 1050. The molecule has 1 aliphatic rings. The van der Waals surface area contributed by atoms with Gasteiger partial charge in [-0.1, -0.05) is 12.1 Å². The van der Waals surface area contributed by atoms with Crippen LogP contribution >= 0.6 is 0 Å². The van der Waals surface area contributed by atoms with Gasteiger partial charge in [-0.2, -0.15) is 0 Å². The van der Waals surface area contributed by atoms with Gasteiger partial charge in [-0.25, -0.2) is 9.48 Å². The van der Waals surface area contributed by atoms with Crippen molar-refractivity contribution in [2.24, 2.45) is 0 Å². The summed E-state index contributed by atoms with van der Waals surface area (Å²) in [6, 6.07) is 10.8. The minimum Gasteiger partial charge on any atom is -0.454 e. The number of pyridine rings is 1. The van der Waals surface area contributed by atoms with Crippen LogP contribution in [-0.2, 0) is 11.3 Å². The lowest BCUT2D eigenvalue weighted by Crippen LogP contribution is -2.30. The number of fused-ring (bicyclic) bond motifs is 2. The zero-order valence-corrected chi connectivity index (χ0v) is 13.8. The third kappa shape index (κ3) is 3.16. The number of benzene rings is 1. The standard InChI is InChI=1S/C18H16N4O4/c23-17(7-5-13-4-6-14-15(11-13)26-12-25-14)19-8-10-22-18(24)21-9-2-1-3-16(21)20-22/h1-7,9,11H,8,10,12H2,(H,19,23)/b7-5+. The minimum absolute atomic E-state index is 0.214. The Morgan fingerprint density at radius 1 is 1.23 bits per heavy atom. The molecule has 3 heterocycles. The molecule has 0 unspecified atom stereocenters. The molecule has 0 aliphatic carbocycles. The third-order valence-corrected chi connectivity index (χ3v) is 3.94. The van der Waals surface area contributed by atoms with Crippen molar-refractivity contribution in [3.05, 3.63) is 64.7 Å². The zero-order valence-electron chi connectivity index (χ0n) is 13.8. The number of nitrogens with one attached hydrogen (secondary N) is 1. The molecule has 8 heteroatoms. The first-order chi connectivity index (χ1) is 12.7. The van der Waals surface area contributed by atoms with Crippen molar-refractivity contribution in [1.82, 2.24) is 19.5 Å².